The van der Waals surface area contributed by atoms with Gasteiger partial charge < -0.3 is 5.32 Å². The SMILES string of the molecule is CC(C)C.CCC(=O)CCCCCCCCCCCNC=O. The molecule has 0 unspecified atom stereocenters. The summed E-state index contributed by atoms with van der Waals surface area (Å²) in [6, 6.07) is 0. The summed E-state index contributed by atoms with van der Waals surface area (Å²) in [4.78, 5) is 21.1. The first-order valence-corrected chi connectivity index (χ1v) is 9.23. The second kappa shape index (κ2) is 20.1. The molecule has 0 aliphatic rings. The molecule has 0 radical (unpaired) electrons. The molecule has 132 valence electrons. The Morgan fingerprint density at radius 3 is 1.68 bits per heavy atom. The number of rotatable bonds is 14. The van der Waals surface area contributed by atoms with E-state index in [1.165, 1.54) is 44.9 Å². The number of amides is 1. The summed E-state index contributed by atoms with van der Waals surface area (Å²) < 4.78 is 0. The lowest BCUT2D eigenvalue weighted by molar-refractivity contribution is -0.118. The van der Waals surface area contributed by atoms with E-state index in [4.69, 9.17) is 0 Å². The summed E-state index contributed by atoms with van der Waals surface area (Å²) in [7, 11) is 0. The monoisotopic (exact) mass is 313 g/mol. The molecule has 0 saturated carbocycles. The van der Waals surface area contributed by atoms with Crippen molar-refractivity contribution in [2.24, 2.45) is 5.92 Å². The van der Waals surface area contributed by atoms with Crippen LogP contribution in [0.1, 0.15) is 98.3 Å². The largest absolute Gasteiger partial charge is 0.359 e. The van der Waals surface area contributed by atoms with Gasteiger partial charge in [-0.2, -0.15) is 0 Å². The van der Waals surface area contributed by atoms with Gasteiger partial charge >= 0.3 is 0 Å². The van der Waals surface area contributed by atoms with Gasteiger partial charge in [-0.05, 0) is 18.8 Å². The Hall–Kier alpha value is -0.860. The normalized spacial score (nSPS) is 10.0. The highest BCUT2D eigenvalue weighted by molar-refractivity contribution is 5.77. The molecule has 1 N–H and O–H groups in total. The first kappa shape index (κ1) is 23.4. The van der Waals surface area contributed by atoms with Crippen molar-refractivity contribution in [3.05, 3.63) is 0 Å². The second-order valence-corrected chi connectivity index (χ2v) is 6.63. The molecule has 0 saturated heterocycles. The van der Waals surface area contributed by atoms with E-state index in [1.54, 1.807) is 0 Å². The van der Waals surface area contributed by atoms with Crippen molar-refractivity contribution in [1.82, 2.24) is 5.32 Å². The quantitative estimate of drug-likeness (QED) is 0.350. The third kappa shape index (κ3) is 27.5. The van der Waals surface area contributed by atoms with Crippen molar-refractivity contribution in [2.75, 3.05) is 6.54 Å². The molecule has 0 spiro atoms. The van der Waals surface area contributed by atoms with Crippen molar-refractivity contribution in [3.63, 3.8) is 0 Å². The Morgan fingerprint density at radius 2 is 1.27 bits per heavy atom. The van der Waals surface area contributed by atoms with Crippen molar-refractivity contribution < 1.29 is 9.59 Å². The van der Waals surface area contributed by atoms with E-state index in [0.29, 0.717) is 12.2 Å². The van der Waals surface area contributed by atoms with E-state index >= 15 is 0 Å². The van der Waals surface area contributed by atoms with Gasteiger partial charge in [-0.15, -0.1) is 0 Å². The molecule has 0 atom stereocenters. The smallest absolute Gasteiger partial charge is 0.207 e. The molecular formula is C19H39NO2. The van der Waals surface area contributed by atoms with E-state index in [1.807, 2.05) is 6.92 Å². The molecule has 1 amide bonds. The van der Waals surface area contributed by atoms with Crippen LogP contribution in [0.5, 0.6) is 0 Å². The zero-order valence-electron chi connectivity index (χ0n) is 15.5. The third-order valence-electron chi connectivity index (χ3n) is 3.25. The van der Waals surface area contributed by atoms with E-state index in [0.717, 1.165) is 38.1 Å². The summed E-state index contributed by atoms with van der Waals surface area (Å²) in [5.41, 5.74) is 0. The van der Waals surface area contributed by atoms with Gasteiger partial charge in [0.25, 0.3) is 0 Å². The highest BCUT2D eigenvalue weighted by atomic mass is 16.1. The van der Waals surface area contributed by atoms with Gasteiger partial charge in [-0.1, -0.05) is 72.6 Å². The predicted molar refractivity (Wildman–Crippen MR) is 96.0 cm³/mol. The van der Waals surface area contributed by atoms with E-state index in [-0.39, 0.29) is 0 Å². The number of Topliss-reactive ketones (excluding diaryl/α,β-unsaturated/α-hetero) is 1. The standard InChI is InChI=1S/C15H29NO2.C4H10/c1-2-15(18)12-10-8-6-4-3-5-7-9-11-13-16-14-17;1-4(2)3/h14H,2-13H2,1H3,(H,16,17);4H,1-3H3. The van der Waals surface area contributed by atoms with Gasteiger partial charge in [-0.25, -0.2) is 0 Å². The fourth-order valence-electron chi connectivity index (χ4n) is 2.02. The van der Waals surface area contributed by atoms with Crippen molar-refractivity contribution in [2.45, 2.75) is 98.3 Å². The van der Waals surface area contributed by atoms with Gasteiger partial charge in [0.2, 0.25) is 6.41 Å². The Morgan fingerprint density at radius 1 is 0.864 bits per heavy atom. The summed E-state index contributed by atoms with van der Waals surface area (Å²) >= 11 is 0. The molecule has 3 heteroatoms. The molecule has 22 heavy (non-hydrogen) atoms. The maximum Gasteiger partial charge on any atom is 0.207 e. The highest BCUT2D eigenvalue weighted by Crippen LogP contribution is 2.10. The number of hydrogen-bond acceptors (Lipinski definition) is 2. The van der Waals surface area contributed by atoms with Crippen LogP contribution < -0.4 is 5.32 Å². The Bertz CT molecular complexity index is 237. The van der Waals surface area contributed by atoms with Gasteiger partial charge in [0.05, 0.1) is 0 Å². The summed E-state index contributed by atoms with van der Waals surface area (Å²) in [6.07, 6.45) is 13.3. The second-order valence-electron chi connectivity index (χ2n) is 6.63. The number of carbonyl (C=O) groups is 2. The molecule has 0 heterocycles. The van der Waals surface area contributed by atoms with Crippen LogP contribution >= 0.6 is 0 Å². The van der Waals surface area contributed by atoms with Crippen LogP contribution in [-0.4, -0.2) is 18.7 Å². The summed E-state index contributed by atoms with van der Waals surface area (Å²) in [6.45, 7) is 9.25. The minimum atomic E-state index is 0.402. The number of unbranched alkanes of at least 4 members (excludes halogenated alkanes) is 8. The molecule has 0 aromatic rings. The molecule has 0 fully saturated rings. The molecule has 0 aliphatic carbocycles. The van der Waals surface area contributed by atoms with Crippen LogP contribution in [0.4, 0.5) is 0 Å². The average Bonchev–Trinajstić information content (AvgIpc) is 2.47. The van der Waals surface area contributed by atoms with E-state index < -0.39 is 0 Å². The van der Waals surface area contributed by atoms with E-state index in [9.17, 15) is 9.59 Å². The highest BCUT2D eigenvalue weighted by Gasteiger charge is 1.97. The van der Waals surface area contributed by atoms with Gasteiger partial charge in [0.1, 0.15) is 5.78 Å². The van der Waals surface area contributed by atoms with Crippen LogP contribution in [0.2, 0.25) is 0 Å². The minimum absolute atomic E-state index is 0.402. The van der Waals surface area contributed by atoms with Crippen LogP contribution in [-0.2, 0) is 9.59 Å². The zero-order chi connectivity index (χ0) is 17.1. The van der Waals surface area contributed by atoms with Crippen molar-refractivity contribution >= 4 is 12.2 Å². The predicted octanol–water partition coefficient (Wildman–Crippen LogP) is 5.27. The minimum Gasteiger partial charge on any atom is -0.359 e. The number of ketones is 1. The van der Waals surface area contributed by atoms with E-state index in [2.05, 4.69) is 26.1 Å². The van der Waals surface area contributed by atoms with Gasteiger partial charge in [0, 0.05) is 19.4 Å². The molecule has 0 bridgehead atoms. The van der Waals surface area contributed by atoms with Gasteiger partial charge in [0.15, 0.2) is 0 Å². The molecule has 0 aromatic heterocycles. The molecule has 0 aromatic carbocycles. The first-order chi connectivity index (χ1) is 10.5. The molecule has 3 nitrogen and oxygen atoms in total. The lowest BCUT2D eigenvalue weighted by Gasteiger charge is -2.02. The summed E-state index contributed by atoms with van der Waals surface area (Å²) in [5.74, 6) is 1.24. The van der Waals surface area contributed by atoms with Gasteiger partial charge in [-0.3, -0.25) is 9.59 Å². The summed E-state index contributed by atoms with van der Waals surface area (Å²) in [5, 5.41) is 2.68. The first-order valence-electron chi connectivity index (χ1n) is 9.23. The van der Waals surface area contributed by atoms with Crippen LogP contribution in [0.3, 0.4) is 0 Å². The maximum atomic E-state index is 11.1. The zero-order valence-corrected chi connectivity index (χ0v) is 15.5. The fraction of sp³-hybridized carbons (Fsp3) is 0.895. The van der Waals surface area contributed by atoms with Crippen LogP contribution in [0.15, 0.2) is 0 Å². The average molecular weight is 314 g/mol. The lowest BCUT2D eigenvalue weighted by Crippen LogP contribution is -2.11. The maximum absolute atomic E-state index is 11.1. The topological polar surface area (TPSA) is 46.2 Å². The Balaban J connectivity index is 0. The third-order valence-corrected chi connectivity index (χ3v) is 3.25. The number of carbonyl (C=O) groups excluding carboxylic acids is 2. The Kier molecular flexibility index (Phi) is 21.4. The van der Waals surface area contributed by atoms with Crippen molar-refractivity contribution in [3.8, 4) is 0 Å². The lowest BCUT2D eigenvalue weighted by atomic mass is 10.0. The molecular weight excluding hydrogens is 274 g/mol. The van der Waals surface area contributed by atoms with Crippen molar-refractivity contribution in [1.29, 1.82) is 0 Å². The van der Waals surface area contributed by atoms with Crippen LogP contribution in [0, 0.1) is 5.92 Å². The number of hydrogen-bond donors (Lipinski definition) is 1. The number of nitrogens with one attached hydrogen (secondary N) is 1. The molecule has 0 rings (SSSR count). The van der Waals surface area contributed by atoms with Crippen LogP contribution in [0.25, 0.3) is 0 Å². The Labute approximate surface area is 138 Å². The molecule has 0 aliphatic heterocycles. The fourth-order valence-corrected chi connectivity index (χ4v) is 2.02.